The summed E-state index contributed by atoms with van der Waals surface area (Å²) < 4.78 is 19.3. The van der Waals surface area contributed by atoms with Gasteiger partial charge in [-0.3, -0.25) is 0 Å². The van der Waals surface area contributed by atoms with Crippen LogP contribution in [-0.2, 0) is 10.3 Å². The Bertz CT molecular complexity index is 552. The molecule has 1 aromatic carbocycles. The monoisotopic (exact) mass is 295 g/mol. The number of rotatable bonds is 4. The van der Waals surface area contributed by atoms with Gasteiger partial charge in [-0.05, 0) is 13.0 Å². The van der Waals surface area contributed by atoms with Gasteiger partial charge in [-0.15, -0.1) is 0 Å². The summed E-state index contributed by atoms with van der Waals surface area (Å²) >= 11 is 0. The second-order valence-electron chi connectivity index (χ2n) is 4.96. The zero-order valence-corrected chi connectivity index (χ0v) is 12.0. The number of carbonyl (C=O) groups is 2. The van der Waals surface area contributed by atoms with E-state index in [0.29, 0.717) is 18.7 Å². The number of halogens is 1. The first kappa shape index (κ1) is 15.2. The first-order valence-electron chi connectivity index (χ1n) is 6.61. The normalized spacial score (nSPS) is 17.3. The van der Waals surface area contributed by atoms with Crippen molar-refractivity contribution in [2.75, 3.05) is 26.7 Å². The maximum absolute atomic E-state index is 13.9. The van der Waals surface area contributed by atoms with Crippen LogP contribution in [0.3, 0.4) is 0 Å². The molecule has 0 aliphatic carbocycles. The van der Waals surface area contributed by atoms with E-state index in [0.717, 1.165) is 4.90 Å². The molecule has 1 heterocycles. The Labute approximate surface area is 122 Å². The van der Waals surface area contributed by atoms with E-state index in [-0.39, 0.29) is 6.54 Å². The van der Waals surface area contributed by atoms with Crippen molar-refractivity contribution in [1.82, 2.24) is 15.5 Å². The lowest BCUT2D eigenvalue weighted by Gasteiger charge is -2.29. The van der Waals surface area contributed by atoms with Crippen LogP contribution in [-0.4, -0.2) is 43.7 Å². The highest BCUT2D eigenvalue weighted by Gasteiger charge is 2.32. The van der Waals surface area contributed by atoms with Gasteiger partial charge in [-0.1, -0.05) is 18.2 Å². The van der Waals surface area contributed by atoms with E-state index in [9.17, 15) is 14.0 Å². The van der Waals surface area contributed by atoms with E-state index in [1.54, 1.807) is 25.1 Å². The maximum atomic E-state index is 13.9. The largest absolute Gasteiger partial charge is 0.372 e. The van der Waals surface area contributed by atoms with Gasteiger partial charge in [0, 0.05) is 25.8 Å². The van der Waals surface area contributed by atoms with Gasteiger partial charge >= 0.3 is 12.1 Å². The van der Waals surface area contributed by atoms with Crippen LogP contribution in [0.25, 0.3) is 0 Å². The van der Waals surface area contributed by atoms with Crippen molar-refractivity contribution in [3.8, 4) is 0 Å². The summed E-state index contributed by atoms with van der Waals surface area (Å²) in [6, 6.07) is 5.27. The second kappa shape index (κ2) is 6.09. The van der Waals surface area contributed by atoms with Crippen LogP contribution >= 0.6 is 0 Å². The average Bonchev–Trinajstić information content (AvgIpc) is 2.91. The Balaban J connectivity index is 2.07. The Kier molecular flexibility index (Phi) is 4.42. The van der Waals surface area contributed by atoms with E-state index < -0.39 is 23.5 Å². The van der Waals surface area contributed by atoms with E-state index in [1.807, 2.05) is 0 Å². The minimum absolute atomic E-state index is 0.0487. The summed E-state index contributed by atoms with van der Waals surface area (Å²) in [5.74, 6) is -0.407. The fourth-order valence-corrected chi connectivity index (χ4v) is 2.17. The van der Waals surface area contributed by atoms with Gasteiger partial charge in [-0.2, -0.15) is 0 Å². The van der Waals surface area contributed by atoms with Gasteiger partial charge in [-0.25, -0.2) is 18.9 Å². The van der Waals surface area contributed by atoms with Gasteiger partial charge < -0.3 is 15.4 Å². The lowest BCUT2D eigenvalue weighted by atomic mass is 9.95. The van der Waals surface area contributed by atoms with Crippen molar-refractivity contribution >= 4 is 12.1 Å². The molecule has 2 N–H and O–H groups in total. The molecule has 0 unspecified atom stereocenters. The highest BCUT2D eigenvalue weighted by atomic mass is 19.1. The third-order valence-electron chi connectivity index (χ3n) is 3.57. The van der Waals surface area contributed by atoms with Crippen molar-refractivity contribution in [2.45, 2.75) is 12.5 Å². The smallest absolute Gasteiger partial charge is 0.325 e. The molecule has 1 aliphatic rings. The number of benzene rings is 1. The van der Waals surface area contributed by atoms with Gasteiger partial charge in [0.05, 0.1) is 6.54 Å². The van der Waals surface area contributed by atoms with E-state index in [4.69, 9.17) is 4.74 Å². The number of nitrogens with zero attached hydrogens (tertiary/aromatic N) is 1. The molecule has 2 rings (SSSR count). The molecule has 4 amide bonds. The van der Waals surface area contributed by atoms with Crippen LogP contribution < -0.4 is 10.6 Å². The zero-order chi connectivity index (χ0) is 15.5. The van der Waals surface area contributed by atoms with Crippen molar-refractivity contribution < 1.29 is 18.7 Å². The number of hydrogen-bond acceptors (Lipinski definition) is 3. The van der Waals surface area contributed by atoms with Crippen LogP contribution in [0.4, 0.5) is 14.0 Å². The lowest BCUT2D eigenvalue weighted by Crippen LogP contribution is -2.47. The predicted molar refractivity (Wildman–Crippen MR) is 74.3 cm³/mol. The molecular weight excluding hydrogens is 277 g/mol. The van der Waals surface area contributed by atoms with Crippen molar-refractivity contribution in [2.24, 2.45) is 0 Å². The van der Waals surface area contributed by atoms with Gasteiger partial charge in [0.2, 0.25) is 0 Å². The number of imide groups is 1. The zero-order valence-electron chi connectivity index (χ0n) is 12.0. The molecule has 0 radical (unpaired) electrons. The highest BCUT2D eigenvalue weighted by Crippen LogP contribution is 2.26. The molecule has 21 heavy (non-hydrogen) atoms. The summed E-state index contributed by atoms with van der Waals surface area (Å²) in [6.07, 6.45) is 0. The van der Waals surface area contributed by atoms with Gasteiger partial charge in [0.25, 0.3) is 0 Å². The quantitative estimate of drug-likeness (QED) is 0.882. The third kappa shape index (κ3) is 3.13. The number of hydrogen-bond donors (Lipinski definition) is 2. The second-order valence-corrected chi connectivity index (χ2v) is 4.96. The standard InChI is InChI=1S/C14H18FN3O3/c1-14(21-2,10-5-3-4-6-11(10)15)9-17-13(20)18-8-7-16-12(18)19/h3-6H,7-9H2,1-2H3,(H,16,19)(H,17,20)/t14-/m0/s1. The molecule has 0 bridgehead atoms. The number of ether oxygens (including phenoxy) is 1. The molecule has 1 atom stereocenters. The highest BCUT2D eigenvalue weighted by molar-refractivity contribution is 5.94. The molecule has 0 aromatic heterocycles. The number of carbonyl (C=O) groups excluding carboxylic acids is 2. The van der Waals surface area contributed by atoms with Crippen LogP contribution in [0, 0.1) is 5.82 Å². The first-order valence-corrected chi connectivity index (χ1v) is 6.61. The Hall–Kier alpha value is -2.15. The van der Waals surface area contributed by atoms with Crippen molar-refractivity contribution in [3.63, 3.8) is 0 Å². The third-order valence-corrected chi connectivity index (χ3v) is 3.57. The molecule has 0 spiro atoms. The fraction of sp³-hybridized carbons (Fsp3) is 0.429. The van der Waals surface area contributed by atoms with Crippen LogP contribution in [0.15, 0.2) is 24.3 Å². The molecule has 114 valence electrons. The maximum Gasteiger partial charge on any atom is 0.325 e. The summed E-state index contributed by atoms with van der Waals surface area (Å²) in [5.41, 5.74) is -0.671. The summed E-state index contributed by atoms with van der Waals surface area (Å²) in [5, 5.41) is 5.14. The van der Waals surface area contributed by atoms with Crippen LogP contribution in [0.5, 0.6) is 0 Å². The number of amides is 4. The Morgan fingerprint density at radius 2 is 2.24 bits per heavy atom. The van der Waals surface area contributed by atoms with E-state index >= 15 is 0 Å². The fourth-order valence-electron chi connectivity index (χ4n) is 2.17. The van der Waals surface area contributed by atoms with E-state index in [2.05, 4.69) is 10.6 Å². The SMILES string of the molecule is CO[C@@](C)(CNC(=O)N1CCNC1=O)c1ccccc1F. The molecule has 6 nitrogen and oxygen atoms in total. The van der Waals surface area contributed by atoms with Crippen molar-refractivity contribution in [3.05, 3.63) is 35.6 Å². The summed E-state index contributed by atoms with van der Waals surface area (Å²) in [7, 11) is 1.45. The number of urea groups is 2. The molecule has 7 heteroatoms. The molecule has 1 fully saturated rings. The van der Waals surface area contributed by atoms with Gasteiger partial charge in [0.15, 0.2) is 0 Å². The lowest BCUT2D eigenvalue weighted by molar-refractivity contribution is 0.00148. The minimum Gasteiger partial charge on any atom is -0.372 e. The average molecular weight is 295 g/mol. The summed E-state index contributed by atoms with van der Waals surface area (Å²) in [4.78, 5) is 24.4. The molecule has 1 aromatic rings. The number of methoxy groups -OCH3 is 1. The summed E-state index contributed by atoms with van der Waals surface area (Å²) in [6.45, 7) is 2.47. The molecule has 1 saturated heterocycles. The molecule has 0 saturated carbocycles. The Morgan fingerprint density at radius 1 is 1.52 bits per heavy atom. The first-order chi connectivity index (χ1) is 9.98. The van der Waals surface area contributed by atoms with Crippen LogP contribution in [0.1, 0.15) is 12.5 Å². The number of nitrogens with one attached hydrogen (secondary N) is 2. The molecule has 1 aliphatic heterocycles. The minimum atomic E-state index is -1.02. The Morgan fingerprint density at radius 3 is 2.81 bits per heavy atom. The van der Waals surface area contributed by atoms with Crippen molar-refractivity contribution in [1.29, 1.82) is 0 Å². The van der Waals surface area contributed by atoms with Crippen LogP contribution in [0.2, 0.25) is 0 Å². The predicted octanol–water partition coefficient (Wildman–Crippen LogP) is 1.42. The van der Waals surface area contributed by atoms with E-state index in [1.165, 1.54) is 13.2 Å². The topological polar surface area (TPSA) is 70.7 Å². The van der Waals surface area contributed by atoms with Gasteiger partial charge in [0.1, 0.15) is 11.4 Å². The molecular formula is C14H18FN3O3.